The summed E-state index contributed by atoms with van der Waals surface area (Å²) in [5.74, 6) is -0.353. The fraction of sp³-hybridized carbons (Fsp3) is 0.105. The second kappa shape index (κ2) is 5.46. The molecule has 0 radical (unpaired) electrons. The van der Waals surface area contributed by atoms with Crippen molar-refractivity contribution in [2.24, 2.45) is 0 Å². The van der Waals surface area contributed by atoms with Crippen LogP contribution in [-0.2, 0) is 4.79 Å². The Bertz CT molecular complexity index is 921. The highest BCUT2D eigenvalue weighted by Crippen LogP contribution is 2.43. The Morgan fingerprint density at radius 1 is 1.04 bits per heavy atom. The molecule has 1 heterocycles. The van der Waals surface area contributed by atoms with Crippen molar-refractivity contribution in [1.29, 1.82) is 0 Å². The molecule has 1 amide bonds. The number of nitrogens with one attached hydrogen (secondary N) is 1. The molecule has 0 aliphatic carbocycles. The van der Waals surface area contributed by atoms with Crippen LogP contribution in [0.15, 0.2) is 59.1 Å². The Morgan fingerprint density at radius 2 is 1.74 bits per heavy atom. The van der Waals surface area contributed by atoms with E-state index < -0.39 is 0 Å². The zero-order valence-electron chi connectivity index (χ0n) is 12.1. The third-order valence-corrected chi connectivity index (χ3v) is 4.98. The van der Waals surface area contributed by atoms with Crippen molar-refractivity contribution in [2.75, 3.05) is 5.32 Å². The predicted molar refractivity (Wildman–Crippen MR) is 93.1 cm³/mol. The Hall–Kier alpha value is -2.20. The minimum Gasteiger partial charge on any atom is -0.325 e. The van der Waals surface area contributed by atoms with Crippen LogP contribution < -0.4 is 5.32 Å². The lowest BCUT2D eigenvalue weighted by atomic mass is 9.83. The van der Waals surface area contributed by atoms with Gasteiger partial charge in [-0.15, -0.1) is 0 Å². The molecule has 1 aliphatic heterocycles. The first-order valence-electron chi connectivity index (χ1n) is 7.40. The van der Waals surface area contributed by atoms with Crippen LogP contribution in [0.5, 0.6) is 0 Å². The lowest BCUT2D eigenvalue weighted by Crippen LogP contribution is -2.23. The highest BCUT2D eigenvalue weighted by Gasteiger charge is 2.28. The summed E-state index contributed by atoms with van der Waals surface area (Å²) in [4.78, 5) is 12.2. The van der Waals surface area contributed by atoms with E-state index in [1.54, 1.807) is 12.1 Å². The molecule has 4 rings (SSSR count). The molecule has 3 aromatic rings. The molecule has 23 heavy (non-hydrogen) atoms. The summed E-state index contributed by atoms with van der Waals surface area (Å²) < 4.78 is 14.2. The summed E-state index contributed by atoms with van der Waals surface area (Å²) in [5, 5.41) is 5.08. The predicted octanol–water partition coefficient (Wildman–Crippen LogP) is 5.22. The first-order chi connectivity index (χ1) is 11.1. The molecule has 2 nitrogen and oxygen atoms in total. The number of amides is 1. The molecule has 1 aliphatic rings. The van der Waals surface area contributed by atoms with E-state index >= 15 is 0 Å². The van der Waals surface area contributed by atoms with E-state index in [-0.39, 0.29) is 17.6 Å². The van der Waals surface area contributed by atoms with Crippen LogP contribution in [0, 0.1) is 5.82 Å². The largest absolute Gasteiger partial charge is 0.325 e. The van der Waals surface area contributed by atoms with Crippen molar-refractivity contribution in [1.82, 2.24) is 0 Å². The Labute approximate surface area is 141 Å². The highest BCUT2D eigenvalue weighted by molar-refractivity contribution is 9.10. The number of rotatable bonds is 1. The molecular weight excluding hydrogens is 357 g/mol. The van der Waals surface area contributed by atoms with Crippen LogP contribution in [0.1, 0.15) is 23.5 Å². The van der Waals surface area contributed by atoms with Crippen molar-refractivity contribution >= 4 is 38.3 Å². The number of carbonyl (C=O) groups is 1. The van der Waals surface area contributed by atoms with Gasteiger partial charge in [0, 0.05) is 22.2 Å². The monoisotopic (exact) mass is 369 g/mol. The number of benzene rings is 3. The maximum Gasteiger partial charge on any atom is 0.225 e. The van der Waals surface area contributed by atoms with Crippen LogP contribution in [0.2, 0.25) is 0 Å². The fourth-order valence-electron chi connectivity index (χ4n) is 3.24. The van der Waals surface area contributed by atoms with Crippen LogP contribution in [-0.4, -0.2) is 5.91 Å². The number of halogens is 2. The Morgan fingerprint density at radius 3 is 2.48 bits per heavy atom. The van der Waals surface area contributed by atoms with Gasteiger partial charge in [0.1, 0.15) is 5.82 Å². The molecule has 4 heteroatoms. The van der Waals surface area contributed by atoms with Crippen LogP contribution >= 0.6 is 15.9 Å². The van der Waals surface area contributed by atoms with Crippen molar-refractivity contribution in [3.8, 4) is 0 Å². The van der Waals surface area contributed by atoms with Gasteiger partial charge in [0.2, 0.25) is 5.91 Å². The average molecular weight is 370 g/mol. The number of hydrogen-bond acceptors (Lipinski definition) is 1. The quantitative estimate of drug-likeness (QED) is 0.626. The van der Waals surface area contributed by atoms with Gasteiger partial charge in [-0.1, -0.05) is 52.3 Å². The van der Waals surface area contributed by atoms with Crippen molar-refractivity contribution in [2.45, 2.75) is 12.3 Å². The van der Waals surface area contributed by atoms with E-state index in [1.807, 2.05) is 24.3 Å². The van der Waals surface area contributed by atoms with Gasteiger partial charge in [-0.25, -0.2) is 4.39 Å². The maximum absolute atomic E-state index is 13.2. The fourth-order valence-corrected chi connectivity index (χ4v) is 3.84. The average Bonchev–Trinajstić information content (AvgIpc) is 2.56. The molecule has 0 saturated heterocycles. The molecular formula is C19H13BrFNO. The summed E-state index contributed by atoms with van der Waals surface area (Å²) >= 11 is 3.63. The molecule has 0 bridgehead atoms. The minimum atomic E-state index is -0.270. The number of hydrogen-bond donors (Lipinski definition) is 1. The minimum absolute atomic E-state index is 0.0145. The topological polar surface area (TPSA) is 29.1 Å². The highest BCUT2D eigenvalue weighted by atomic mass is 79.9. The van der Waals surface area contributed by atoms with Gasteiger partial charge in [0.05, 0.1) is 5.69 Å². The summed E-state index contributed by atoms with van der Waals surface area (Å²) in [6.45, 7) is 0. The lowest BCUT2D eigenvalue weighted by molar-refractivity contribution is -0.116. The van der Waals surface area contributed by atoms with Gasteiger partial charge >= 0.3 is 0 Å². The van der Waals surface area contributed by atoms with E-state index in [9.17, 15) is 9.18 Å². The first-order valence-corrected chi connectivity index (χ1v) is 8.19. The van der Waals surface area contributed by atoms with Crippen LogP contribution in [0.4, 0.5) is 10.1 Å². The summed E-state index contributed by atoms with van der Waals surface area (Å²) in [7, 11) is 0. The van der Waals surface area contributed by atoms with Crippen molar-refractivity contribution < 1.29 is 9.18 Å². The first kappa shape index (κ1) is 14.4. The molecule has 0 unspecified atom stereocenters. The Kier molecular flexibility index (Phi) is 3.42. The normalized spacial score (nSPS) is 17.0. The van der Waals surface area contributed by atoms with Gasteiger partial charge in [0.15, 0.2) is 0 Å². The molecule has 0 spiro atoms. The van der Waals surface area contributed by atoms with Crippen molar-refractivity contribution in [3.05, 3.63) is 76.0 Å². The molecule has 1 atom stereocenters. The molecule has 114 valence electrons. The molecule has 0 fully saturated rings. The van der Waals surface area contributed by atoms with Gasteiger partial charge < -0.3 is 5.32 Å². The van der Waals surface area contributed by atoms with E-state index in [0.717, 1.165) is 32.1 Å². The van der Waals surface area contributed by atoms with E-state index in [0.29, 0.717) is 6.42 Å². The zero-order chi connectivity index (χ0) is 16.0. The summed E-state index contributed by atoms with van der Waals surface area (Å²) in [6, 6.07) is 16.4. The lowest BCUT2D eigenvalue weighted by Gasteiger charge is -2.28. The van der Waals surface area contributed by atoms with Gasteiger partial charge in [-0.05, 0) is 34.7 Å². The Balaban J connectivity index is 1.96. The third kappa shape index (κ3) is 2.43. The van der Waals surface area contributed by atoms with E-state index in [1.165, 1.54) is 12.1 Å². The SMILES string of the molecule is O=C1C[C@@H](c2ccc(F)cc2)c2cc(Br)c3ccccc3c2N1. The number of fused-ring (bicyclic) bond motifs is 3. The number of anilines is 1. The van der Waals surface area contributed by atoms with E-state index in [4.69, 9.17) is 0 Å². The number of carbonyl (C=O) groups excluding carboxylic acids is 1. The molecule has 0 aromatic heterocycles. The second-order valence-corrected chi connectivity index (χ2v) is 6.58. The van der Waals surface area contributed by atoms with Gasteiger partial charge in [0.25, 0.3) is 0 Å². The van der Waals surface area contributed by atoms with E-state index in [2.05, 4.69) is 27.3 Å². The molecule has 0 saturated carbocycles. The molecule has 1 N–H and O–H groups in total. The van der Waals surface area contributed by atoms with Gasteiger partial charge in [-0.2, -0.15) is 0 Å². The van der Waals surface area contributed by atoms with Gasteiger partial charge in [-0.3, -0.25) is 4.79 Å². The maximum atomic E-state index is 13.2. The molecule has 3 aromatic carbocycles. The van der Waals surface area contributed by atoms with Crippen LogP contribution in [0.3, 0.4) is 0 Å². The summed E-state index contributed by atoms with van der Waals surface area (Å²) in [6.07, 6.45) is 0.364. The standard InChI is InChI=1S/C19H13BrFNO/c20-17-9-16-15(11-5-7-12(21)8-6-11)10-18(23)22-19(16)14-4-2-1-3-13(14)17/h1-9,15H,10H2,(H,22,23)/t15-/m0/s1. The summed E-state index contributed by atoms with van der Waals surface area (Å²) in [5.41, 5.74) is 2.86. The van der Waals surface area contributed by atoms with Crippen LogP contribution in [0.25, 0.3) is 10.8 Å². The zero-order valence-corrected chi connectivity index (χ0v) is 13.7. The second-order valence-electron chi connectivity index (χ2n) is 5.72. The third-order valence-electron chi connectivity index (χ3n) is 4.33. The smallest absolute Gasteiger partial charge is 0.225 e. The van der Waals surface area contributed by atoms with Crippen molar-refractivity contribution in [3.63, 3.8) is 0 Å².